The highest BCUT2D eigenvalue weighted by atomic mass is 35.5. The van der Waals surface area contributed by atoms with Crippen LogP contribution in [-0.2, 0) is 6.18 Å². The largest absolute Gasteiger partial charge is 0.573 e. The van der Waals surface area contributed by atoms with E-state index in [1.165, 1.54) is 18.2 Å². The summed E-state index contributed by atoms with van der Waals surface area (Å²) in [5.41, 5.74) is 3.84. The minimum absolute atomic E-state index is 0. The van der Waals surface area contributed by atoms with Gasteiger partial charge in [0.2, 0.25) is 0 Å². The molecule has 2 N–H and O–H groups in total. The molecule has 0 aromatic heterocycles. The van der Waals surface area contributed by atoms with Crippen LogP contribution in [-0.4, -0.2) is 19.5 Å². The van der Waals surface area contributed by atoms with Gasteiger partial charge in [0, 0.05) is 6.54 Å². The van der Waals surface area contributed by atoms with Crippen molar-refractivity contribution >= 4 is 12.4 Å². The van der Waals surface area contributed by atoms with Crippen molar-refractivity contribution in [3.05, 3.63) is 48.0 Å². The van der Waals surface area contributed by atoms with Gasteiger partial charge in [-0.3, -0.25) is 0 Å². The van der Waals surface area contributed by atoms with E-state index < -0.39 is 23.9 Å². The second-order valence-corrected chi connectivity index (χ2v) is 4.92. The van der Waals surface area contributed by atoms with Gasteiger partial charge in [-0.1, -0.05) is 18.2 Å². The van der Waals surface area contributed by atoms with Gasteiger partial charge in [-0.25, -0.2) is 0 Å². The molecule has 0 aliphatic rings. The molecule has 0 unspecified atom stereocenters. The van der Waals surface area contributed by atoms with Gasteiger partial charge in [-0.2, -0.15) is 13.2 Å². The number of rotatable bonds is 5. The van der Waals surface area contributed by atoms with E-state index in [4.69, 9.17) is 10.5 Å². The zero-order valence-electron chi connectivity index (χ0n) is 13.0. The van der Waals surface area contributed by atoms with Crippen LogP contribution in [0.4, 0.5) is 26.3 Å². The molecular weight excluding hydrogens is 388 g/mol. The van der Waals surface area contributed by atoms with Crippen molar-refractivity contribution in [2.45, 2.75) is 12.5 Å². The first-order valence-electron chi connectivity index (χ1n) is 7.00. The number of ether oxygens (including phenoxy) is 2. The lowest BCUT2D eigenvalue weighted by Gasteiger charge is -2.16. The fourth-order valence-electron chi connectivity index (χ4n) is 2.14. The van der Waals surface area contributed by atoms with E-state index in [1.807, 2.05) is 0 Å². The van der Waals surface area contributed by atoms with Crippen molar-refractivity contribution in [3.63, 3.8) is 0 Å². The number of hydrogen-bond donors (Lipinski definition) is 1. The van der Waals surface area contributed by atoms with Crippen molar-refractivity contribution in [3.8, 4) is 22.6 Å². The van der Waals surface area contributed by atoms with Gasteiger partial charge >= 0.3 is 12.5 Å². The Labute approximate surface area is 151 Å². The highest BCUT2D eigenvalue weighted by Crippen LogP contribution is 2.40. The third-order valence-electron chi connectivity index (χ3n) is 3.06. The van der Waals surface area contributed by atoms with Crippen LogP contribution in [0.15, 0.2) is 42.5 Å². The zero-order chi connectivity index (χ0) is 18.7. The summed E-state index contributed by atoms with van der Waals surface area (Å²) in [6.07, 6.45) is -9.66. The molecule has 0 amide bonds. The summed E-state index contributed by atoms with van der Waals surface area (Å²) in [4.78, 5) is 0. The molecular formula is C16H14ClF6NO2. The molecule has 2 aromatic rings. The third kappa shape index (κ3) is 5.99. The Morgan fingerprint density at radius 1 is 0.885 bits per heavy atom. The maximum Gasteiger partial charge on any atom is 0.573 e. The molecule has 0 atom stereocenters. The molecule has 2 rings (SSSR count). The lowest BCUT2D eigenvalue weighted by atomic mass is 9.98. The first-order valence-corrected chi connectivity index (χ1v) is 7.00. The highest BCUT2D eigenvalue weighted by molar-refractivity contribution is 5.85. The van der Waals surface area contributed by atoms with Gasteiger partial charge in [0.15, 0.2) is 0 Å². The van der Waals surface area contributed by atoms with Crippen LogP contribution < -0.4 is 15.2 Å². The molecule has 0 saturated heterocycles. The minimum Gasteiger partial charge on any atom is -0.492 e. The Morgan fingerprint density at radius 2 is 1.58 bits per heavy atom. The summed E-state index contributed by atoms with van der Waals surface area (Å²) in [7, 11) is 0. The second-order valence-electron chi connectivity index (χ2n) is 4.92. The average Bonchev–Trinajstić information content (AvgIpc) is 2.50. The van der Waals surface area contributed by atoms with Crippen LogP contribution in [0.25, 0.3) is 11.1 Å². The van der Waals surface area contributed by atoms with Crippen molar-refractivity contribution in [1.29, 1.82) is 0 Å². The Bertz CT molecular complexity index is 733. The average molecular weight is 402 g/mol. The lowest BCUT2D eigenvalue weighted by Crippen LogP contribution is -2.17. The fraction of sp³-hybridized carbons (Fsp3) is 0.250. The van der Waals surface area contributed by atoms with Crippen molar-refractivity contribution < 1.29 is 35.8 Å². The monoisotopic (exact) mass is 401 g/mol. The molecule has 0 aliphatic heterocycles. The minimum atomic E-state index is -4.94. The number of hydrogen-bond acceptors (Lipinski definition) is 3. The first-order chi connectivity index (χ1) is 11.6. The Kier molecular flexibility index (Phi) is 7.16. The smallest absolute Gasteiger partial charge is 0.492 e. The van der Waals surface area contributed by atoms with Gasteiger partial charge in [-0.15, -0.1) is 25.6 Å². The maximum absolute atomic E-state index is 13.3. The maximum atomic E-state index is 13.3. The molecule has 0 saturated carbocycles. The van der Waals surface area contributed by atoms with Crippen molar-refractivity contribution in [1.82, 2.24) is 0 Å². The van der Waals surface area contributed by atoms with Crippen LogP contribution in [0.1, 0.15) is 5.56 Å². The Morgan fingerprint density at radius 3 is 2.15 bits per heavy atom. The van der Waals surface area contributed by atoms with Crippen LogP contribution in [0, 0.1) is 0 Å². The van der Waals surface area contributed by atoms with Crippen molar-refractivity contribution in [2.24, 2.45) is 5.73 Å². The van der Waals surface area contributed by atoms with E-state index in [0.717, 1.165) is 24.3 Å². The molecule has 10 heteroatoms. The SMILES string of the molecule is Cl.NCCOc1ccc(-c2cccc(OC(F)(F)F)c2)c(C(F)(F)F)c1. The second kappa shape index (κ2) is 8.50. The summed E-state index contributed by atoms with van der Waals surface area (Å²) in [6, 6.07) is 7.52. The number of nitrogens with two attached hydrogens (primary N) is 1. The predicted octanol–water partition coefficient (Wildman–Crippen LogP) is 5.03. The summed E-state index contributed by atoms with van der Waals surface area (Å²) in [5, 5.41) is 0. The predicted molar refractivity (Wildman–Crippen MR) is 85.4 cm³/mol. The van der Waals surface area contributed by atoms with Gasteiger partial charge in [0.1, 0.15) is 18.1 Å². The molecule has 2 aromatic carbocycles. The molecule has 0 aliphatic carbocycles. The first kappa shape index (κ1) is 21.9. The van der Waals surface area contributed by atoms with Gasteiger partial charge in [0.25, 0.3) is 0 Å². The van der Waals surface area contributed by atoms with Crippen LogP contribution in [0.3, 0.4) is 0 Å². The van der Waals surface area contributed by atoms with Crippen LogP contribution in [0.5, 0.6) is 11.5 Å². The number of benzene rings is 2. The van der Waals surface area contributed by atoms with E-state index in [0.29, 0.717) is 0 Å². The third-order valence-corrected chi connectivity index (χ3v) is 3.06. The van der Waals surface area contributed by atoms with E-state index in [-0.39, 0.29) is 42.4 Å². The molecule has 144 valence electrons. The summed E-state index contributed by atoms with van der Waals surface area (Å²) in [5.74, 6) is -0.647. The van der Waals surface area contributed by atoms with Crippen molar-refractivity contribution in [2.75, 3.05) is 13.2 Å². The molecule has 0 radical (unpaired) electrons. The van der Waals surface area contributed by atoms with E-state index in [1.54, 1.807) is 0 Å². The number of halogens is 7. The molecule has 0 bridgehead atoms. The van der Waals surface area contributed by atoms with E-state index in [2.05, 4.69) is 4.74 Å². The molecule has 3 nitrogen and oxygen atoms in total. The Hall–Kier alpha value is -2.13. The zero-order valence-corrected chi connectivity index (χ0v) is 13.8. The van der Waals surface area contributed by atoms with Crippen LogP contribution in [0.2, 0.25) is 0 Å². The number of alkyl halides is 6. The normalized spacial score (nSPS) is 11.7. The van der Waals surface area contributed by atoms with E-state index in [9.17, 15) is 26.3 Å². The summed E-state index contributed by atoms with van der Waals surface area (Å²) in [6.45, 7) is 0.158. The quantitative estimate of drug-likeness (QED) is 0.715. The highest BCUT2D eigenvalue weighted by Gasteiger charge is 2.35. The summed E-state index contributed by atoms with van der Waals surface area (Å²) >= 11 is 0. The fourth-order valence-corrected chi connectivity index (χ4v) is 2.14. The van der Waals surface area contributed by atoms with Gasteiger partial charge in [-0.05, 0) is 35.4 Å². The lowest BCUT2D eigenvalue weighted by molar-refractivity contribution is -0.274. The topological polar surface area (TPSA) is 44.5 Å². The van der Waals surface area contributed by atoms with Gasteiger partial charge in [0.05, 0.1) is 5.56 Å². The van der Waals surface area contributed by atoms with E-state index >= 15 is 0 Å². The van der Waals surface area contributed by atoms with Gasteiger partial charge < -0.3 is 15.2 Å². The Balaban J connectivity index is 0.00000338. The standard InChI is InChI=1S/C16H13F6NO2.ClH/c17-15(18,19)14-9-11(24-7-6-23)4-5-13(14)10-2-1-3-12(8-10)25-16(20,21)22;/h1-5,8-9H,6-7,23H2;1H. The molecule has 26 heavy (non-hydrogen) atoms. The molecule has 0 spiro atoms. The molecule has 0 heterocycles. The molecule has 0 fully saturated rings. The summed E-state index contributed by atoms with van der Waals surface area (Å²) < 4.78 is 85.6. The van der Waals surface area contributed by atoms with Crippen LogP contribution >= 0.6 is 12.4 Å².